The fourth-order valence-electron chi connectivity index (χ4n) is 1.39. The molecule has 1 atom stereocenters. The van der Waals surface area contributed by atoms with Crippen LogP contribution in [0.15, 0.2) is 6.20 Å². The molecule has 1 N–H and O–H groups in total. The van der Waals surface area contributed by atoms with Gasteiger partial charge in [0.15, 0.2) is 5.13 Å². The maximum absolute atomic E-state index is 4.49. The molecule has 17 heavy (non-hydrogen) atoms. The van der Waals surface area contributed by atoms with Gasteiger partial charge < -0.3 is 10.2 Å². The molecule has 0 saturated heterocycles. The molecular formula is C12H23N3S2. The van der Waals surface area contributed by atoms with Crippen molar-refractivity contribution in [1.82, 2.24) is 10.3 Å². The first-order valence-corrected chi connectivity index (χ1v) is 8.15. The average Bonchev–Trinajstić information content (AvgIpc) is 2.74. The number of rotatable bonds is 7. The molecule has 1 unspecified atom stereocenters. The summed E-state index contributed by atoms with van der Waals surface area (Å²) in [6, 6.07) is 1.05. The van der Waals surface area contributed by atoms with Gasteiger partial charge in [0.25, 0.3) is 0 Å². The molecule has 5 heteroatoms. The molecule has 0 saturated carbocycles. The predicted molar refractivity (Wildman–Crippen MR) is 80.3 cm³/mol. The van der Waals surface area contributed by atoms with Crippen LogP contribution < -0.4 is 10.2 Å². The van der Waals surface area contributed by atoms with E-state index in [2.05, 4.69) is 49.3 Å². The Morgan fingerprint density at radius 3 is 2.76 bits per heavy atom. The smallest absolute Gasteiger partial charge is 0.185 e. The van der Waals surface area contributed by atoms with E-state index in [4.69, 9.17) is 0 Å². The zero-order valence-electron chi connectivity index (χ0n) is 11.4. The third kappa shape index (κ3) is 4.85. The zero-order chi connectivity index (χ0) is 12.8. The quantitative estimate of drug-likeness (QED) is 0.827. The highest BCUT2D eigenvalue weighted by atomic mass is 32.2. The topological polar surface area (TPSA) is 28.2 Å². The monoisotopic (exact) mass is 273 g/mol. The molecule has 0 bridgehead atoms. The number of aromatic nitrogens is 1. The van der Waals surface area contributed by atoms with Crippen molar-refractivity contribution >= 4 is 28.2 Å². The van der Waals surface area contributed by atoms with E-state index in [1.54, 1.807) is 11.3 Å². The molecule has 0 aromatic carbocycles. The molecule has 1 aromatic rings. The van der Waals surface area contributed by atoms with E-state index in [-0.39, 0.29) is 0 Å². The number of hydrogen-bond acceptors (Lipinski definition) is 5. The van der Waals surface area contributed by atoms with Crippen LogP contribution >= 0.6 is 23.1 Å². The first-order valence-electron chi connectivity index (χ1n) is 5.94. The van der Waals surface area contributed by atoms with Crippen molar-refractivity contribution in [3.63, 3.8) is 0 Å². The molecule has 0 aliphatic carbocycles. The van der Waals surface area contributed by atoms with E-state index in [1.165, 1.54) is 4.88 Å². The van der Waals surface area contributed by atoms with Gasteiger partial charge >= 0.3 is 0 Å². The Morgan fingerprint density at radius 1 is 1.47 bits per heavy atom. The maximum atomic E-state index is 4.49. The summed E-state index contributed by atoms with van der Waals surface area (Å²) in [5.74, 6) is 1.13. The van der Waals surface area contributed by atoms with Gasteiger partial charge in [0, 0.05) is 42.5 Å². The molecule has 0 fully saturated rings. The van der Waals surface area contributed by atoms with Gasteiger partial charge in [-0.3, -0.25) is 0 Å². The molecule has 1 heterocycles. The van der Waals surface area contributed by atoms with Gasteiger partial charge in [0.05, 0.1) is 0 Å². The molecule has 1 aromatic heterocycles. The predicted octanol–water partition coefficient (Wildman–Crippen LogP) is 2.83. The minimum absolute atomic E-state index is 0.522. The van der Waals surface area contributed by atoms with Gasteiger partial charge in [-0.05, 0) is 13.2 Å². The fraction of sp³-hybridized carbons (Fsp3) is 0.750. The summed E-state index contributed by atoms with van der Waals surface area (Å²) >= 11 is 3.66. The van der Waals surface area contributed by atoms with Crippen molar-refractivity contribution in [3.05, 3.63) is 11.1 Å². The SMILES string of the molecule is CSCC(C)N(C)c1ncc(CNC(C)C)s1. The number of nitrogens with zero attached hydrogens (tertiary/aromatic N) is 2. The molecule has 3 nitrogen and oxygen atoms in total. The standard InChI is InChI=1S/C12H23N3S2/c1-9(2)13-6-11-7-14-12(17-11)15(4)10(3)8-16-5/h7,9-10,13H,6,8H2,1-5H3. The van der Waals surface area contributed by atoms with E-state index in [0.29, 0.717) is 12.1 Å². The normalized spacial score (nSPS) is 13.1. The lowest BCUT2D eigenvalue weighted by Gasteiger charge is -2.23. The fourth-order valence-corrected chi connectivity index (χ4v) is 3.02. The van der Waals surface area contributed by atoms with Gasteiger partial charge in [-0.25, -0.2) is 4.98 Å². The van der Waals surface area contributed by atoms with Crippen molar-refractivity contribution in [3.8, 4) is 0 Å². The van der Waals surface area contributed by atoms with Crippen LogP contribution in [0.25, 0.3) is 0 Å². The molecule has 0 radical (unpaired) electrons. The van der Waals surface area contributed by atoms with Crippen molar-refractivity contribution in [2.24, 2.45) is 0 Å². The largest absolute Gasteiger partial charge is 0.348 e. The van der Waals surface area contributed by atoms with Crippen LogP contribution in [0, 0.1) is 0 Å². The summed E-state index contributed by atoms with van der Waals surface area (Å²) in [5, 5.41) is 4.53. The van der Waals surface area contributed by atoms with E-state index in [9.17, 15) is 0 Å². The first kappa shape index (κ1) is 14.8. The van der Waals surface area contributed by atoms with Crippen LogP contribution in [-0.2, 0) is 6.54 Å². The van der Waals surface area contributed by atoms with Crippen LogP contribution in [0.1, 0.15) is 25.6 Å². The minimum atomic E-state index is 0.522. The van der Waals surface area contributed by atoms with Crippen LogP contribution in [0.4, 0.5) is 5.13 Å². The van der Waals surface area contributed by atoms with E-state index < -0.39 is 0 Å². The van der Waals surface area contributed by atoms with E-state index in [1.807, 2.05) is 18.0 Å². The maximum Gasteiger partial charge on any atom is 0.185 e. The second kappa shape index (κ2) is 7.24. The summed E-state index contributed by atoms with van der Waals surface area (Å²) in [7, 11) is 2.12. The molecule has 98 valence electrons. The van der Waals surface area contributed by atoms with E-state index in [0.717, 1.165) is 17.4 Å². The van der Waals surface area contributed by atoms with Crippen LogP contribution in [0.3, 0.4) is 0 Å². The second-order valence-corrected chi connectivity index (χ2v) is 6.56. The number of anilines is 1. The first-order chi connectivity index (χ1) is 8.04. The van der Waals surface area contributed by atoms with E-state index >= 15 is 0 Å². The summed E-state index contributed by atoms with van der Waals surface area (Å²) in [5.41, 5.74) is 0. The Morgan fingerprint density at radius 2 is 2.18 bits per heavy atom. The van der Waals surface area contributed by atoms with Gasteiger partial charge in [-0.1, -0.05) is 13.8 Å². The van der Waals surface area contributed by atoms with Crippen molar-refractivity contribution < 1.29 is 0 Å². The number of nitrogens with one attached hydrogen (secondary N) is 1. The Kier molecular flexibility index (Phi) is 6.30. The minimum Gasteiger partial charge on any atom is -0.348 e. The average molecular weight is 273 g/mol. The molecule has 0 aliphatic heterocycles. The lowest BCUT2D eigenvalue weighted by atomic mass is 10.4. The summed E-state index contributed by atoms with van der Waals surface area (Å²) < 4.78 is 0. The van der Waals surface area contributed by atoms with Crippen molar-refractivity contribution in [2.75, 3.05) is 24.0 Å². The van der Waals surface area contributed by atoms with Crippen LogP contribution in [0.5, 0.6) is 0 Å². The summed E-state index contributed by atoms with van der Waals surface area (Å²) in [4.78, 5) is 8.06. The van der Waals surface area contributed by atoms with Gasteiger partial charge in [0.2, 0.25) is 0 Å². The van der Waals surface area contributed by atoms with Gasteiger partial charge in [-0.15, -0.1) is 11.3 Å². The molecule has 0 amide bonds. The molecule has 0 aliphatic rings. The lowest BCUT2D eigenvalue weighted by molar-refractivity contribution is 0.593. The highest BCUT2D eigenvalue weighted by Gasteiger charge is 2.13. The Bertz CT molecular complexity index is 325. The van der Waals surface area contributed by atoms with Crippen molar-refractivity contribution in [1.29, 1.82) is 0 Å². The van der Waals surface area contributed by atoms with Crippen molar-refractivity contribution in [2.45, 2.75) is 39.4 Å². The molecular weight excluding hydrogens is 250 g/mol. The molecule has 1 rings (SSSR count). The third-order valence-corrected chi connectivity index (χ3v) is 4.50. The second-order valence-electron chi connectivity index (χ2n) is 4.56. The highest BCUT2D eigenvalue weighted by Crippen LogP contribution is 2.23. The Balaban J connectivity index is 2.54. The zero-order valence-corrected chi connectivity index (χ0v) is 13.0. The molecule has 0 spiro atoms. The summed E-state index contributed by atoms with van der Waals surface area (Å²) in [6.45, 7) is 7.48. The number of hydrogen-bond donors (Lipinski definition) is 1. The number of thiazole rings is 1. The third-order valence-electron chi connectivity index (χ3n) is 2.60. The number of thioether (sulfide) groups is 1. The van der Waals surface area contributed by atoms with Crippen LogP contribution in [-0.4, -0.2) is 36.1 Å². The lowest BCUT2D eigenvalue weighted by Crippen LogP contribution is -2.30. The van der Waals surface area contributed by atoms with Gasteiger partial charge in [-0.2, -0.15) is 11.8 Å². The Hall–Kier alpha value is -0.260. The Labute approximate surface area is 113 Å². The van der Waals surface area contributed by atoms with Gasteiger partial charge in [0.1, 0.15) is 0 Å². The summed E-state index contributed by atoms with van der Waals surface area (Å²) in [6.07, 6.45) is 4.13. The highest BCUT2D eigenvalue weighted by molar-refractivity contribution is 7.98. The van der Waals surface area contributed by atoms with Crippen LogP contribution in [0.2, 0.25) is 0 Å².